The van der Waals surface area contributed by atoms with E-state index in [0.717, 1.165) is 0 Å². The first-order chi connectivity index (χ1) is 5.29. The average Bonchev–Trinajstić information content (AvgIpc) is 2.45. The molecular weight excluding hydrogens is 166 g/mol. The first-order valence-corrected chi connectivity index (χ1v) is 3.25. The van der Waals surface area contributed by atoms with Gasteiger partial charge in [-0.05, 0) is 0 Å². The van der Waals surface area contributed by atoms with E-state index in [1.165, 1.54) is 17.3 Å². The van der Waals surface area contributed by atoms with Crippen LogP contribution in [0.4, 0.5) is 0 Å². The van der Waals surface area contributed by atoms with Crippen LogP contribution in [0.15, 0.2) is 12.7 Å². The van der Waals surface area contributed by atoms with Crippen molar-refractivity contribution >= 4 is 11.6 Å². The smallest absolute Gasteiger partial charge is 0.183 e. The van der Waals surface area contributed by atoms with E-state index in [9.17, 15) is 0 Å². The first-order valence-electron chi connectivity index (χ1n) is 2.87. The molecule has 0 aromatic carbocycles. The third-order valence-electron chi connectivity index (χ3n) is 1.31. The molecule has 0 aliphatic carbocycles. The summed E-state index contributed by atoms with van der Waals surface area (Å²) in [4.78, 5) is 11.5. The highest BCUT2D eigenvalue weighted by Gasteiger charge is 2.12. The maximum atomic E-state index is 5.69. The van der Waals surface area contributed by atoms with E-state index in [4.69, 9.17) is 17.4 Å². The molecule has 11 heavy (non-hydrogen) atoms. The zero-order valence-electron chi connectivity index (χ0n) is 5.40. The highest BCUT2D eigenvalue weighted by Crippen LogP contribution is 2.21. The van der Waals surface area contributed by atoms with Gasteiger partial charge >= 0.3 is 0 Å². The fourth-order valence-electron chi connectivity index (χ4n) is 0.823. The molecule has 2 N–H and O–H groups in total. The number of hydrogen-bond acceptors (Lipinski definition) is 4. The van der Waals surface area contributed by atoms with Gasteiger partial charge in [0, 0.05) is 0 Å². The molecule has 0 aromatic rings. The van der Waals surface area contributed by atoms with Crippen molar-refractivity contribution < 1.29 is 0 Å². The predicted molar refractivity (Wildman–Crippen MR) is 39.6 cm³/mol. The number of aromatic nitrogens is 4. The monoisotopic (exact) mass is 169 g/mol. The molecule has 5 nitrogen and oxygen atoms in total. The first kappa shape index (κ1) is 6.36. The Bertz CT molecular complexity index is 323. The van der Waals surface area contributed by atoms with E-state index in [1.807, 2.05) is 0 Å². The Morgan fingerprint density at radius 1 is 1.36 bits per heavy atom. The molecule has 2 rings (SSSR count). The van der Waals surface area contributed by atoms with Gasteiger partial charge in [0.25, 0.3) is 0 Å². The summed E-state index contributed by atoms with van der Waals surface area (Å²) in [5.41, 5.74) is 0.525. The zero-order valence-corrected chi connectivity index (χ0v) is 6.15. The minimum Gasteiger partial charge on any atom is -0.336 e. The molecule has 0 saturated carbocycles. The Morgan fingerprint density at radius 2 is 2.18 bits per heavy atom. The van der Waals surface area contributed by atoms with Gasteiger partial charge in [0.1, 0.15) is 18.3 Å². The van der Waals surface area contributed by atoms with Gasteiger partial charge < -0.3 is 5.84 Å². The third kappa shape index (κ3) is 0.813. The van der Waals surface area contributed by atoms with Gasteiger partial charge in [0.15, 0.2) is 11.0 Å². The van der Waals surface area contributed by atoms with Gasteiger partial charge in [-0.2, -0.15) is 0 Å². The largest absolute Gasteiger partial charge is 0.336 e. The summed E-state index contributed by atoms with van der Waals surface area (Å²) in [6.45, 7) is 0. The van der Waals surface area contributed by atoms with E-state index in [1.54, 1.807) is 0 Å². The Kier molecular flexibility index (Phi) is 1.19. The van der Waals surface area contributed by atoms with E-state index >= 15 is 0 Å². The summed E-state index contributed by atoms with van der Waals surface area (Å²) in [5, 5.41) is 0.319. The summed E-state index contributed by atoms with van der Waals surface area (Å²) in [6, 6.07) is 0. The molecule has 6 heteroatoms. The summed E-state index contributed by atoms with van der Waals surface area (Å²) in [5.74, 6) is 5.99. The fourth-order valence-corrected chi connectivity index (χ4v) is 1.00. The van der Waals surface area contributed by atoms with Crippen LogP contribution in [0, 0.1) is 0 Å². The number of halogens is 1. The Morgan fingerprint density at radius 3 is 2.91 bits per heavy atom. The van der Waals surface area contributed by atoms with Gasteiger partial charge in [0.05, 0.1) is 0 Å². The second-order valence-electron chi connectivity index (χ2n) is 1.99. The Balaban J connectivity index is 2.82. The van der Waals surface area contributed by atoms with Crippen molar-refractivity contribution in [1.82, 2.24) is 19.6 Å². The second kappa shape index (κ2) is 2.06. The summed E-state index contributed by atoms with van der Waals surface area (Å²) < 4.78 is 1.27. The van der Waals surface area contributed by atoms with Crippen LogP contribution in [-0.2, 0) is 0 Å². The maximum absolute atomic E-state index is 5.69. The van der Waals surface area contributed by atoms with E-state index < -0.39 is 0 Å². The number of hydrogen-bond donors (Lipinski definition) is 1. The minimum absolute atomic E-state index is 0.319. The van der Waals surface area contributed by atoms with Crippen molar-refractivity contribution in [3.63, 3.8) is 0 Å². The lowest BCUT2D eigenvalue weighted by Gasteiger charge is -2.02. The average molecular weight is 170 g/mol. The molecule has 2 heterocycles. The van der Waals surface area contributed by atoms with Crippen LogP contribution in [0.3, 0.4) is 0 Å². The van der Waals surface area contributed by atoms with Crippen LogP contribution >= 0.6 is 11.6 Å². The van der Waals surface area contributed by atoms with E-state index in [2.05, 4.69) is 15.0 Å². The quantitative estimate of drug-likeness (QED) is 0.450. The van der Waals surface area contributed by atoms with Crippen LogP contribution in [-0.4, -0.2) is 19.6 Å². The molecule has 0 amide bonds. The molecule has 0 atom stereocenters. The standard InChI is InChI=1S/C5H4ClN5/c6-4-3-5(9-1-8-3)11(7)2-10-4/h1-2H,7H2. The van der Waals surface area contributed by atoms with Gasteiger partial charge in [-0.15, -0.1) is 0 Å². The van der Waals surface area contributed by atoms with Crippen molar-refractivity contribution in [2.75, 3.05) is 5.84 Å². The maximum Gasteiger partial charge on any atom is 0.183 e. The van der Waals surface area contributed by atoms with Crippen molar-refractivity contribution in [3.8, 4) is 11.5 Å². The summed E-state index contributed by atoms with van der Waals surface area (Å²) >= 11 is 5.69. The lowest BCUT2D eigenvalue weighted by molar-refractivity contribution is 0.917. The fraction of sp³-hybridized carbons (Fsp3) is 0. The molecular formula is C5H4ClN5. The van der Waals surface area contributed by atoms with E-state index in [-0.39, 0.29) is 0 Å². The molecule has 0 unspecified atom stereocenters. The number of nitrogen functional groups attached to an aromatic ring is 1. The predicted octanol–water partition coefficient (Wildman–Crippen LogP) is 0.145. The molecule has 2 aliphatic rings. The van der Waals surface area contributed by atoms with Crippen molar-refractivity contribution in [1.29, 1.82) is 0 Å². The van der Waals surface area contributed by atoms with Gasteiger partial charge in [0.2, 0.25) is 0 Å². The van der Waals surface area contributed by atoms with Crippen LogP contribution < -0.4 is 5.84 Å². The highest BCUT2D eigenvalue weighted by atomic mass is 35.5. The minimum atomic E-state index is 0.319. The normalized spacial score (nSPS) is 10.6. The molecule has 56 valence electrons. The highest BCUT2D eigenvalue weighted by molar-refractivity contribution is 6.31. The number of imidazole rings is 1. The van der Waals surface area contributed by atoms with Gasteiger partial charge in [-0.25, -0.2) is 19.6 Å². The molecule has 0 spiro atoms. The summed E-state index contributed by atoms with van der Waals surface area (Å²) in [7, 11) is 0. The topological polar surface area (TPSA) is 69.6 Å². The Labute approximate surface area is 67.2 Å². The van der Waals surface area contributed by atoms with Crippen LogP contribution in [0.25, 0.3) is 11.5 Å². The lowest BCUT2D eigenvalue weighted by atomic mass is 10.4. The van der Waals surface area contributed by atoms with Crippen LogP contribution in [0.5, 0.6) is 0 Å². The third-order valence-corrected chi connectivity index (χ3v) is 1.59. The number of nitrogens with zero attached hydrogens (tertiary/aromatic N) is 4. The lowest BCUT2D eigenvalue weighted by Crippen LogP contribution is -2.13. The number of rotatable bonds is 0. The van der Waals surface area contributed by atoms with Crippen LogP contribution in [0.2, 0.25) is 5.15 Å². The molecule has 0 aromatic heterocycles. The molecule has 0 saturated heterocycles. The summed E-state index contributed by atoms with van der Waals surface area (Å²) in [6.07, 6.45) is 2.78. The number of nitrogens with two attached hydrogens (primary N) is 1. The SMILES string of the molecule is Nn1cnc(Cl)c2ncnc1-2. The number of fused-ring (bicyclic) bond motifs is 1. The Hall–Kier alpha value is -1.36. The van der Waals surface area contributed by atoms with Crippen LogP contribution in [0.1, 0.15) is 0 Å². The van der Waals surface area contributed by atoms with Crippen molar-refractivity contribution in [3.05, 3.63) is 17.8 Å². The van der Waals surface area contributed by atoms with Crippen molar-refractivity contribution in [2.45, 2.75) is 0 Å². The molecule has 0 bridgehead atoms. The van der Waals surface area contributed by atoms with Gasteiger partial charge in [-0.1, -0.05) is 11.6 Å². The molecule has 0 radical (unpaired) electrons. The van der Waals surface area contributed by atoms with E-state index in [0.29, 0.717) is 16.7 Å². The molecule has 2 aliphatic heterocycles. The van der Waals surface area contributed by atoms with Gasteiger partial charge in [-0.3, -0.25) is 0 Å². The second-order valence-corrected chi connectivity index (χ2v) is 2.35. The van der Waals surface area contributed by atoms with Crippen molar-refractivity contribution in [2.24, 2.45) is 0 Å². The zero-order chi connectivity index (χ0) is 7.84. The molecule has 0 fully saturated rings.